The molecule has 0 amide bonds. The fraction of sp³-hybridized carbons (Fsp3) is 1.00. The smallest absolute Gasteiger partial charge is 0.198 e. The maximum Gasteiger partial charge on any atom is 0.387 e. The van der Waals surface area contributed by atoms with E-state index in [2.05, 4.69) is 3.63 Å². The first-order valence-corrected chi connectivity index (χ1v) is 5.21. The molecule has 0 radical (unpaired) electrons. The Morgan fingerprint density at radius 3 is 1.73 bits per heavy atom. The quantitative estimate of drug-likeness (QED) is 0.524. The third-order valence-electron chi connectivity index (χ3n) is 0.904. The van der Waals surface area contributed by atoms with Crippen molar-refractivity contribution in [3.8, 4) is 0 Å². The molecule has 1 rings (SSSR count). The first kappa shape index (κ1) is 8.81. The van der Waals surface area contributed by atoms with Crippen LogP contribution < -0.4 is 0 Å². The third-order valence-corrected chi connectivity index (χ3v) is 4.22. The zero-order valence-corrected chi connectivity index (χ0v) is 6.45. The second-order valence-corrected chi connectivity index (χ2v) is 5.32. The van der Waals surface area contributed by atoms with Crippen LogP contribution in [0.15, 0.2) is 0 Å². The minimum Gasteiger partial charge on any atom is -0.198 e. The molecule has 66 valence electrons. The Bertz CT molecular complexity index is 363. The van der Waals surface area contributed by atoms with Crippen molar-refractivity contribution in [3.05, 3.63) is 0 Å². The number of halogens is 2. The van der Waals surface area contributed by atoms with Gasteiger partial charge in [-0.2, -0.15) is 25.6 Å². The molecule has 1 aliphatic heterocycles. The van der Waals surface area contributed by atoms with E-state index in [1.54, 1.807) is 0 Å². The second kappa shape index (κ2) is 1.90. The zero-order valence-electron chi connectivity index (χ0n) is 4.82. The van der Waals surface area contributed by atoms with Gasteiger partial charge in [-0.25, -0.2) is 0 Å². The van der Waals surface area contributed by atoms with E-state index < -0.39 is 31.2 Å². The van der Waals surface area contributed by atoms with E-state index in [4.69, 9.17) is 0 Å². The maximum absolute atomic E-state index is 12.1. The van der Waals surface area contributed by atoms with Gasteiger partial charge in [0.15, 0.2) is 5.75 Å². The Hall–Kier alpha value is -0.280. The lowest BCUT2D eigenvalue weighted by Gasteiger charge is -1.99. The van der Waals surface area contributed by atoms with Crippen molar-refractivity contribution in [2.75, 3.05) is 5.75 Å². The van der Waals surface area contributed by atoms with Crippen LogP contribution in [0, 0.1) is 0 Å². The lowest BCUT2D eigenvalue weighted by atomic mass is 10.8. The van der Waals surface area contributed by atoms with Crippen LogP contribution in [0.3, 0.4) is 0 Å². The van der Waals surface area contributed by atoms with Crippen LogP contribution in [0.25, 0.3) is 0 Å². The predicted molar refractivity (Wildman–Crippen MR) is 28.7 cm³/mol. The van der Waals surface area contributed by atoms with E-state index in [-0.39, 0.29) is 0 Å². The predicted octanol–water partition coefficient (Wildman–Crippen LogP) is -0.731. The highest BCUT2D eigenvalue weighted by Gasteiger charge is 2.59. The number of alkyl halides is 2. The highest BCUT2D eigenvalue weighted by Crippen LogP contribution is 2.33. The number of hydrogen-bond acceptors (Lipinski definition) is 5. The fourth-order valence-electron chi connectivity index (χ4n) is 0.488. The minimum absolute atomic E-state index is 1.80. The monoisotopic (exact) mass is 208 g/mol. The molecule has 0 aromatic carbocycles. The maximum atomic E-state index is 12.1. The van der Waals surface area contributed by atoms with Gasteiger partial charge in [-0.1, -0.05) is 0 Å². The molecule has 1 fully saturated rings. The van der Waals surface area contributed by atoms with Crippen LogP contribution in [-0.4, -0.2) is 27.8 Å². The number of hydrogen-bond donors (Lipinski definition) is 0. The van der Waals surface area contributed by atoms with E-state index >= 15 is 0 Å². The molecule has 1 saturated heterocycles. The lowest BCUT2D eigenvalue weighted by molar-refractivity contribution is 0.117. The zero-order chi connectivity index (χ0) is 8.91. The van der Waals surface area contributed by atoms with Crippen molar-refractivity contribution in [2.45, 2.75) is 5.25 Å². The van der Waals surface area contributed by atoms with Gasteiger partial charge in [0.25, 0.3) is 10.1 Å². The van der Waals surface area contributed by atoms with Gasteiger partial charge in [-0.05, 0) is 0 Å². The molecule has 0 aromatic rings. The standard InChI is InChI=1S/C2H2F2O5S2/c3-2(4)1-10(5,6)9-11(2,7)8/h1H2. The summed E-state index contributed by atoms with van der Waals surface area (Å²) in [6, 6.07) is 0. The lowest BCUT2D eigenvalue weighted by Crippen LogP contribution is -2.25. The first-order chi connectivity index (χ1) is 4.66. The molecule has 1 heterocycles. The van der Waals surface area contributed by atoms with Crippen LogP contribution in [0.5, 0.6) is 0 Å². The summed E-state index contributed by atoms with van der Waals surface area (Å²) >= 11 is 0. The molecule has 0 aliphatic carbocycles. The molecule has 9 heteroatoms. The normalized spacial score (nSPS) is 31.8. The average molecular weight is 208 g/mol. The summed E-state index contributed by atoms with van der Waals surface area (Å²) in [5, 5.41) is -4.31. The van der Waals surface area contributed by atoms with E-state index in [1.165, 1.54) is 0 Å². The molecule has 0 unspecified atom stereocenters. The highest BCUT2D eigenvalue weighted by atomic mass is 32.3. The van der Waals surface area contributed by atoms with E-state index in [0.717, 1.165) is 0 Å². The van der Waals surface area contributed by atoms with Gasteiger partial charge in [0.1, 0.15) is 0 Å². The summed E-state index contributed by atoms with van der Waals surface area (Å²) in [5.41, 5.74) is 0. The molecular formula is C2H2F2O5S2. The van der Waals surface area contributed by atoms with Gasteiger partial charge in [-0.3, -0.25) is 0 Å². The Morgan fingerprint density at radius 2 is 1.64 bits per heavy atom. The van der Waals surface area contributed by atoms with Gasteiger partial charge in [0, 0.05) is 0 Å². The summed E-state index contributed by atoms with van der Waals surface area (Å²) in [4.78, 5) is 0. The van der Waals surface area contributed by atoms with Crippen molar-refractivity contribution in [1.29, 1.82) is 0 Å². The van der Waals surface area contributed by atoms with Gasteiger partial charge >= 0.3 is 15.4 Å². The van der Waals surface area contributed by atoms with Crippen LogP contribution in [0.2, 0.25) is 0 Å². The van der Waals surface area contributed by atoms with E-state index in [0.29, 0.717) is 0 Å². The molecule has 5 nitrogen and oxygen atoms in total. The third kappa shape index (κ3) is 1.35. The molecule has 0 spiro atoms. The molecular weight excluding hydrogens is 206 g/mol. The molecule has 0 N–H and O–H groups in total. The van der Waals surface area contributed by atoms with Crippen molar-refractivity contribution >= 4 is 20.2 Å². The highest BCUT2D eigenvalue weighted by molar-refractivity contribution is 8.03. The van der Waals surface area contributed by atoms with Crippen LogP contribution in [0.4, 0.5) is 8.78 Å². The average Bonchev–Trinajstić information content (AvgIpc) is 1.66. The van der Waals surface area contributed by atoms with Gasteiger partial charge in [0.05, 0.1) is 0 Å². The van der Waals surface area contributed by atoms with Gasteiger partial charge in [-0.15, -0.1) is 3.63 Å². The second-order valence-electron chi connectivity index (χ2n) is 1.86. The Kier molecular flexibility index (Phi) is 1.52. The van der Waals surface area contributed by atoms with Crippen molar-refractivity contribution < 1.29 is 29.2 Å². The molecule has 11 heavy (non-hydrogen) atoms. The van der Waals surface area contributed by atoms with E-state index in [9.17, 15) is 25.6 Å². The van der Waals surface area contributed by atoms with Crippen molar-refractivity contribution in [1.82, 2.24) is 0 Å². The summed E-state index contributed by atoms with van der Waals surface area (Å²) in [5.74, 6) is -1.80. The van der Waals surface area contributed by atoms with Crippen LogP contribution >= 0.6 is 0 Å². The van der Waals surface area contributed by atoms with Crippen molar-refractivity contribution in [3.63, 3.8) is 0 Å². The molecule has 1 aliphatic rings. The first-order valence-electron chi connectivity index (χ1n) is 2.22. The van der Waals surface area contributed by atoms with Gasteiger partial charge in [0.2, 0.25) is 0 Å². The summed E-state index contributed by atoms with van der Waals surface area (Å²) in [7, 11) is -9.85. The van der Waals surface area contributed by atoms with Crippen LogP contribution in [0.1, 0.15) is 0 Å². The largest absolute Gasteiger partial charge is 0.387 e. The Balaban J connectivity index is 3.31. The van der Waals surface area contributed by atoms with Crippen molar-refractivity contribution in [2.24, 2.45) is 0 Å². The molecule has 0 aromatic heterocycles. The molecule has 0 atom stereocenters. The van der Waals surface area contributed by atoms with Crippen LogP contribution in [-0.2, 0) is 23.9 Å². The van der Waals surface area contributed by atoms with E-state index in [1.807, 2.05) is 0 Å². The topological polar surface area (TPSA) is 77.5 Å². The Labute approximate surface area is 61.2 Å². The minimum atomic E-state index is -5.25. The fourth-order valence-corrected chi connectivity index (χ4v) is 3.59. The summed E-state index contributed by atoms with van der Waals surface area (Å²) in [6.45, 7) is 0. The number of rotatable bonds is 0. The molecule has 0 bridgehead atoms. The van der Waals surface area contributed by atoms with Gasteiger partial charge < -0.3 is 0 Å². The summed E-state index contributed by atoms with van der Waals surface area (Å²) < 4.78 is 68.1. The molecule has 0 saturated carbocycles. The SMILES string of the molecule is O=S1(=O)CC(F)(F)S(=O)(=O)O1. The Morgan fingerprint density at radius 1 is 1.18 bits per heavy atom. The summed E-state index contributed by atoms with van der Waals surface area (Å²) in [6.07, 6.45) is 0.